The molecule has 0 saturated heterocycles. The minimum absolute atomic E-state index is 0.184. The minimum Gasteiger partial charge on any atom is -0.452 e. The van der Waals surface area contributed by atoms with Crippen LogP contribution in [0.15, 0.2) is 24.3 Å². The van der Waals surface area contributed by atoms with Gasteiger partial charge in [0, 0.05) is 12.2 Å². The van der Waals surface area contributed by atoms with Gasteiger partial charge in [0.15, 0.2) is 6.61 Å². The van der Waals surface area contributed by atoms with Crippen molar-refractivity contribution in [2.24, 2.45) is 11.7 Å². The molecule has 1 rings (SSSR count). The summed E-state index contributed by atoms with van der Waals surface area (Å²) >= 11 is 0. The zero-order valence-electron chi connectivity index (χ0n) is 14.1. The number of carbonyl (C=O) groups is 4. The molecule has 9 heteroatoms. The average Bonchev–Trinajstić information content (AvgIpc) is 2.52. The van der Waals surface area contributed by atoms with Crippen LogP contribution in [-0.4, -0.2) is 37.1 Å². The van der Waals surface area contributed by atoms with E-state index in [9.17, 15) is 19.2 Å². The molecule has 0 aliphatic heterocycles. The van der Waals surface area contributed by atoms with Crippen LogP contribution in [0.25, 0.3) is 0 Å². The minimum atomic E-state index is -0.735. The van der Waals surface area contributed by atoms with E-state index in [1.165, 1.54) is 24.3 Å². The van der Waals surface area contributed by atoms with Gasteiger partial charge >= 0.3 is 18.0 Å². The highest BCUT2D eigenvalue weighted by molar-refractivity contribution is 5.97. The Morgan fingerprint density at radius 3 is 2.32 bits per heavy atom. The molecule has 5 amide bonds. The van der Waals surface area contributed by atoms with Crippen molar-refractivity contribution < 1.29 is 23.9 Å². The number of benzene rings is 1. The Hall–Kier alpha value is -3.10. The summed E-state index contributed by atoms with van der Waals surface area (Å²) in [6.07, 6.45) is 0.789. The van der Waals surface area contributed by atoms with Crippen molar-refractivity contribution in [2.45, 2.75) is 20.3 Å². The third-order valence-corrected chi connectivity index (χ3v) is 2.98. The van der Waals surface area contributed by atoms with Gasteiger partial charge in [0.1, 0.15) is 0 Å². The van der Waals surface area contributed by atoms with E-state index in [1.54, 1.807) is 0 Å². The maximum Gasteiger partial charge on any atom is 0.338 e. The smallest absolute Gasteiger partial charge is 0.338 e. The molecule has 0 unspecified atom stereocenters. The van der Waals surface area contributed by atoms with Crippen LogP contribution in [0, 0.1) is 5.92 Å². The molecule has 1 aromatic rings. The highest BCUT2D eigenvalue weighted by atomic mass is 16.5. The molecule has 25 heavy (non-hydrogen) atoms. The first-order valence-electron chi connectivity index (χ1n) is 7.69. The Bertz CT molecular complexity index is 628. The van der Waals surface area contributed by atoms with Crippen molar-refractivity contribution in [3.05, 3.63) is 29.8 Å². The number of urea groups is 2. The number of imide groups is 1. The number of rotatable bonds is 7. The molecular formula is C16H22N4O5. The lowest BCUT2D eigenvalue weighted by atomic mass is 10.1. The predicted octanol–water partition coefficient (Wildman–Crippen LogP) is 1.21. The maximum atomic E-state index is 11.8. The predicted molar refractivity (Wildman–Crippen MR) is 90.9 cm³/mol. The van der Waals surface area contributed by atoms with E-state index >= 15 is 0 Å². The molecule has 0 bridgehead atoms. The first-order valence-corrected chi connectivity index (χ1v) is 7.69. The molecule has 1 aromatic carbocycles. The Labute approximate surface area is 145 Å². The molecular weight excluding hydrogens is 328 g/mol. The zero-order chi connectivity index (χ0) is 18.8. The number of carbonyl (C=O) groups excluding carboxylic acids is 4. The summed E-state index contributed by atoms with van der Waals surface area (Å²) in [6.45, 7) is 3.89. The zero-order valence-corrected chi connectivity index (χ0v) is 14.1. The normalized spacial score (nSPS) is 10.0. The van der Waals surface area contributed by atoms with Crippen molar-refractivity contribution in [3.63, 3.8) is 0 Å². The number of hydrogen-bond donors (Lipinski definition) is 4. The van der Waals surface area contributed by atoms with Gasteiger partial charge in [-0.2, -0.15) is 0 Å². The molecule has 136 valence electrons. The van der Waals surface area contributed by atoms with E-state index in [0.717, 1.165) is 6.42 Å². The van der Waals surface area contributed by atoms with E-state index in [2.05, 4.69) is 16.0 Å². The summed E-state index contributed by atoms with van der Waals surface area (Å²) in [6, 6.07) is 4.38. The lowest BCUT2D eigenvalue weighted by Gasteiger charge is -2.09. The number of amides is 5. The highest BCUT2D eigenvalue weighted by Crippen LogP contribution is 2.10. The van der Waals surface area contributed by atoms with Gasteiger partial charge in [-0.05, 0) is 36.6 Å². The third kappa shape index (κ3) is 8.35. The Morgan fingerprint density at radius 1 is 1.12 bits per heavy atom. The Kier molecular flexibility index (Phi) is 7.91. The fourth-order valence-corrected chi connectivity index (χ4v) is 1.73. The van der Waals surface area contributed by atoms with Crippen molar-refractivity contribution in [1.82, 2.24) is 10.6 Å². The summed E-state index contributed by atoms with van der Waals surface area (Å²) in [5.74, 6) is -1.04. The summed E-state index contributed by atoms with van der Waals surface area (Å²) in [7, 11) is 0. The summed E-state index contributed by atoms with van der Waals surface area (Å²) < 4.78 is 4.81. The average molecular weight is 350 g/mol. The van der Waals surface area contributed by atoms with Crippen molar-refractivity contribution in [3.8, 4) is 0 Å². The second kappa shape index (κ2) is 9.91. The monoisotopic (exact) mass is 350 g/mol. The standard InChI is InChI=1S/C16H22N4O5/c1-10(2)7-8-18-16(24)20-13(21)9-25-14(22)11-3-5-12(6-4-11)19-15(17)23/h3-6,10H,7-9H2,1-2H3,(H3,17,19,23)(H2,18,20,21,24). The molecule has 0 aliphatic rings. The number of ether oxygens (including phenoxy) is 1. The fraction of sp³-hybridized carbons (Fsp3) is 0.375. The van der Waals surface area contributed by atoms with Crippen LogP contribution >= 0.6 is 0 Å². The van der Waals surface area contributed by atoms with Crippen LogP contribution in [0.3, 0.4) is 0 Å². The first-order chi connectivity index (χ1) is 11.8. The van der Waals surface area contributed by atoms with Gasteiger partial charge in [-0.3, -0.25) is 10.1 Å². The molecule has 0 atom stereocenters. The SMILES string of the molecule is CC(C)CCNC(=O)NC(=O)COC(=O)c1ccc(NC(N)=O)cc1. The number of nitrogens with one attached hydrogen (secondary N) is 3. The number of primary amides is 1. The van der Waals surface area contributed by atoms with Gasteiger partial charge in [-0.1, -0.05) is 13.8 Å². The molecule has 0 spiro atoms. The molecule has 0 aromatic heterocycles. The Morgan fingerprint density at radius 2 is 1.76 bits per heavy atom. The van der Waals surface area contributed by atoms with Crippen LogP contribution in [-0.2, 0) is 9.53 Å². The Balaban J connectivity index is 2.36. The largest absolute Gasteiger partial charge is 0.452 e. The quantitative estimate of drug-likeness (QED) is 0.547. The number of nitrogens with two attached hydrogens (primary N) is 1. The highest BCUT2D eigenvalue weighted by Gasteiger charge is 2.12. The molecule has 0 saturated carbocycles. The van der Waals surface area contributed by atoms with Gasteiger partial charge in [-0.25, -0.2) is 14.4 Å². The lowest BCUT2D eigenvalue weighted by molar-refractivity contribution is -0.123. The van der Waals surface area contributed by atoms with E-state index in [4.69, 9.17) is 10.5 Å². The number of esters is 1. The number of anilines is 1. The van der Waals surface area contributed by atoms with Crippen LogP contribution in [0.2, 0.25) is 0 Å². The van der Waals surface area contributed by atoms with E-state index in [-0.39, 0.29) is 5.56 Å². The second-order valence-electron chi connectivity index (χ2n) is 5.63. The number of hydrogen-bond acceptors (Lipinski definition) is 5. The van der Waals surface area contributed by atoms with Gasteiger partial charge < -0.3 is 21.1 Å². The maximum absolute atomic E-state index is 11.8. The summed E-state index contributed by atoms with van der Waals surface area (Å²) in [4.78, 5) is 45.5. The van der Waals surface area contributed by atoms with Gasteiger partial charge in [0.05, 0.1) is 5.56 Å². The third-order valence-electron chi connectivity index (χ3n) is 2.98. The van der Waals surface area contributed by atoms with Crippen LogP contribution in [0.5, 0.6) is 0 Å². The van der Waals surface area contributed by atoms with Crippen molar-refractivity contribution in [1.29, 1.82) is 0 Å². The first kappa shape index (κ1) is 19.9. The van der Waals surface area contributed by atoms with Gasteiger partial charge in [-0.15, -0.1) is 0 Å². The lowest BCUT2D eigenvalue weighted by Crippen LogP contribution is -2.41. The van der Waals surface area contributed by atoms with E-state index in [1.807, 2.05) is 13.8 Å². The van der Waals surface area contributed by atoms with Gasteiger partial charge in [0.2, 0.25) is 0 Å². The molecule has 0 heterocycles. The van der Waals surface area contributed by atoms with Crippen LogP contribution in [0.4, 0.5) is 15.3 Å². The molecule has 0 radical (unpaired) electrons. The van der Waals surface area contributed by atoms with Gasteiger partial charge in [0.25, 0.3) is 5.91 Å². The van der Waals surface area contributed by atoms with Crippen LogP contribution < -0.4 is 21.7 Å². The van der Waals surface area contributed by atoms with Crippen LogP contribution in [0.1, 0.15) is 30.6 Å². The topological polar surface area (TPSA) is 140 Å². The molecule has 0 aliphatic carbocycles. The molecule has 5 N–H and O–H groups in total. The fourth-order valence-electron chi connectivity index (χ4n) is 1.73. The summed E-state index contributed by atoms with van der Waals surface area (Å²) in [5.41, 5.74) is 5.57. The van der Waals surface area contributed by atoms with Crippen molar-refractivity contribution >= 4 is 29.6 Å². The van der Waals surface area contributed by atoms with E-state index in [0.29, 0.717) is 18.2 Å². The van der Waals surface area contributed by atoms with E-state index < -0.39 is 30.5 Å². The molecule has 9 nitrogen and oxygen atoms in total. The van der Waals surface area contributed by atoms with Crippen molar-refractivity contribution in [2.75, 3.05) is 18.5 Å². The molecule has 0 fully saturated rings. The summed E-state index contributed by atoms with van der Waals surface area (Å²) in [5, 5.41) is 6.94. The second-order valence-corrected chi connectivity index (χ2v) is 5.63.